The van der Waals surface area contributed by atoms with Crippen LogP contribution in [0.4, 0.5) is 0 Å². The summed E-state index contributed by atoms with van der Waals surface area (Å²) in [5.74, 6) is 0.363. The maximum Gasteiger partial charge on any atom is 0.328 e. The minimum absolute atomic E-state index is 0.393. The Hall–Kier alpha value is -3.01. The summed E-state index contributed by atoms with van der Waals surface area (Å²) in [6.07, 6.45) is 5.40. The number of carbonyl (C=O) groups is 1. The number of hydrogen-bond donors (Lipinski definition) is 1. The summed E-state index contributed by atoms with van der Waals surface area (Å²) in [4.78, 5) is 10.9. The first-order chi connectivity index (χ1) is 12.5. The quantitative estimate of drug-likeness (QED) is 0.543. The Kier molecular flexibility index (Phi) is 7.03. The minimum atomic E-state index is -0.999. The molecule has 0 radical (unpaired) electrons. The van der Waals surface area contributed by atoms with Crippen LogP contribution in [0.3, 0.4) is 0 Å². The number of carboxylic acids is 1. The van der Waals surface area contributed by atoms with E-state index in [9.17, 15) is 4.79 Å². The topological polar surface area (TPSA) is 55.8 Å². The van der Waals surface area contributed by atoms with E-state index in [0.717, 1.165) is 23.0 Å². The molecule has 0 aliphatic heterocycles. The van der Waals surface area contributed by atoms with Crippen LogP contribution in [0.15, 0.2) is 60.2 Å². The Morgan fingerprint density at radius 1 is 1.12 bits per heavy atom. The molecule has 1 N–H and O–H groups in total. The molecule has 0 fully saturated rings. The van der Waals surface area contributed by atoms with Crippen LogP contribution in [0.1, 0.15) is 30.5 Å². The third-order valence-electron chi connectivity index (χ3n) is 3.81. The molecule has 0 aromatic heterocycles. The minimum Gasteiger partial charge on any atom is -0.496 e. The number of carboxylic acid groups (broad SMARTS) is 1. The fraction of sp³-hybridized carbons (Fsp3) is 0.227. The van der Waals surface area contributed by atoms with E-state index in [-0.39, 0.29) is 0 Å². The molecule has 0 aliphatic rings. The molecule has 0 aliphatic carbocycles. The van der Waals surface area contributed by atoms with Crippen molar-refractivity contribution in [1.82, 2.24) is 0 Å². The van der Waals surface area contributed by atoms with Crippen LogP contribution in [0, 0.1) is 0 Å². The van der Waals surface area contributed by atoms with Crippen molar-refractivity contribution >= 4 is 12.0 Å². The lowest BCUT2D eigenvalue weighted by Gasteiger charge is -2.17. The van der Waals surface area contributed by atoms with Crippen LogP contribution in [0.2, 0.25) is 0 Å². The van der Waals surface area contributed by atoms with Crippen molar-refractivity contribution in [3.05, 3.63) is 76.9 Å². The second-order valence-electron chi connectivity index (χ2n) is 6.10. The van der Waals surface area contributed by atoms with Crippen LogP contribution in [-0.4, -0.2) is 18.2 Å². The van der Waals surface area contributed by atoms with Crippen molar-refractivity contribution in [2.24, 2.45) is 0 Å². The SMILES string of the molecule is COc1ccc(/C=C\C(=O)O)c(OCc2ccccc2)c1CC=C(C)C. The number of aliphatic carboxylic acids is 1. The molecule has 0 atom stereocenters. The zero-order chi connectivity index (χ0) is 18.9. The number of rotatable bonds is 8. The molecule has 26 heavy (non-hydrogen) atoms. The zero-order valence-electron chi connectivity index (χ0n) is 15.4. The lowest BCUT2D eigenvalue weighted by molar-refractivity contribution is -0.131. The van der Waals surface area contributed by atoms with E-state index in [2.05, 4.69) is 6.08 Å². The van der Waals surface area contributed by atoms with Gasteiger partial charge in [0.1, 0.15) is 18.1 Å². The normalized spacial score (nSPS) is 10.6. The monoisotopic (exact) mass is 352 g/mol. The van der Waals surface area contributed by atoms with E-state index in [1.54, 1.807) is 13.2 Å². The Balaban J connectivity index is 2.45. The summed E-state index contributed by atoms with van der Waals surface area (Å²) in [6.45, 7) is 4.46. The average Bonchev–Trinajstić information content (AvgIpc) is 2.63. The number of methoxy groups -OCH3 is 1. The lowest BCUT2D eigenvalue weighted by Crippen LogP contribution is -2.03. The van der Waals surface area contributed by atoms with E-state index in [4.69, 9.17) is 14.6 Å². The van der Waals surface area contributed by atoms with Gasteiger partial charge in [-0.2, -0.15) is 0 Å². The summed E-state index contributed by atoms with van der Waals surface area (Å²) in [5, 5.41) is 8.96. The Labute approximate surface area is 154 Å². The van der Waals surface area contributed by atoms with E-state index in [0.29, 0.717) is 24.3 Å². The second-order valence-corrected chi connectivity index (χ2v) is 6.10. The molecule has 2 rings (SSSR count). The van der Waals surface area contributed by atoms with E-state index >= 15 is 0 Å². The van der Waals surface area contributed by atoms with Crippen LogP contribution in [0.5, 0.6) is 11.5 Å². The standard InChI is InChI=1S/C22H24O4/c1-16(2)9-12-19-20(25-3)13-10-18(11-14-21(23)24)22(19)26-15-17-7-5-4-6-8-17/h4-11,13-14H,12,15H2,1-3H3,(H,23,24)/b14-11-. The largest absolute Gasteiger partial charge is 0.496 e. The summed E-state index contributed by atoms with van der Waals surface area (Å²) in [7, 11) is 1.62. The molecule has 0 bridgehead atoms. The van der Waals surface area contributed by atoms with Gasteiger partial charge in [-0.05, 0) is 44.0 Å². The van der Waals surface area contributed by atoms with Gasteiger partial charge in [0, 0.05) is 17.2 Å². The molecule has 0 amide bonds. The maximum absolute atomic E-state index is 10.9. The van der Waals surface area contributed by atoms with Crippen LogP contribution in [0.25, 0.3) is 6.08 Å². The van der Waals surface area contributed by atoms with Gasteiger partial charge in [0.15, 0.2) is 0 Å². The predicted molar refractivity (Wildman–Crippen MR) is 104 cm³/mol. The van der Waals surface area contributed by atoms with E-state index in [1.165, 1.54) is 5.57 Å². The summed E-state index contributed by atoms with van der Waals surface area (Å²) >= 11 is 0. The van der Waals surface area contributed by atoms with Crippen LogP contribution >= 0.6 is 0 Å². The van der Waals surface area contributed by atoms with Gasteiger partial charge in [-0.3, -0.25) is 0 Å². The molecular formula is C22H24O4. The van der Waals surface area contributed by atoms with Gasteiger partial charge in [-0.1, -0.05) is 42.0 Å². The number of benzene rings is 2. The van der Waals surface area contributed by atoms with Gasteiger partial charge in [-0.15, -0.1) is 0 Å². The number of ether oxygens (including phenoxy) is 2. The van der Waals surface area contributed by atoms with Gasteiger partial charge in [0.25, 0.3) is 0 Å². The highest BCUT2D eigenvalue weighted by molar-refractivity contribution is 5.86. The highest BCUT2D eigenvalue weighted by Gasteiger charge is 2.14. The van der Waals surface area contributed by atoms with Crippen molar-refractivity contribution in [1.29, 1.82) is 0 Å². The van der Waals surface area contributed by atoms with Crippen molar-refractivity contribution in [3.63, 3.8) is 0 Å². The van der Waals surface area contributed by atoms with Crippen LogP contribution in [-0.2, 0) is 17.8 Å². The Bertz CT molecular complexity index is 800. The smallest absolute Gasteiger partial charge is 0.328 e. The van der Waals surface area contributed by atoms with Gasteiger partial charge in [0.2, 0.25) is 0 Å². The number of allylic oxidation sites excluding steroid dienone is 2. The average molecular weight is 352 g/mol. The molecular weight excluding hydrogens is 328 g/mol. The van der Waals surface area contributed by atoms with Gasteiger partial charge < -0.3 is 14.6 Å². The van der Waals surface area contributed by atoms with Crippen molar-refractivity contribution in [2.75, 3.05) is 7.11 Å². The number of hydrogen-bond acceptors (Lipinski definition) is 3. The maximum atomic E-state index is 10.9. The van der Waals surface area contributed by atoms with Crippen molar-refractivity contribution in [3.8, 4) is 11.5 Å². The fourth-order valence-corrected chi connectivity index (χ4v) is 2.51. The van der Waals surface area contributed by atoms with Crippen LogP contribution < -0.4 is 9.47 Å². The molecule has 2 aromatic rings. The molecule has 136 valence electrons. The van der Waals surface area contributed by atoms with Gasteiger partial charge >= 0.3 is 5.97 Å². The van der Waals surface area contributed by atoms with Gasteiger partial charge in [-0.25, -0.2) is 4.79 Å². The highest BCUT2D eigenvalue weighted by Crippen LogP contribution is 2.35. The Morgan fingerprint density at radius 2 is 1.85 bits per heavy atom. The molecule has 0 spiro atoms. The summed E-state index contributed by atoms with van der Waals surface area (Å²) in [5.41, 5.74) is 3.84. The lowest BCUT2D eigenvalue weighted by atomic mass is 10.0. The summed E-state index contributed by atoms with van der Waals surface area (Å²) in [6, 6.07) is 13.5. The fourth-order valence-electron chi connectivity index (χ4n) is 2.51. The van der Waals surface area contributed by atoms with E-state index in [1.807, 2.05) is 56.3 Å². The molecule has 2 aromatic carbocycles. The molecule has 0 saturated heterocycles. The van der Waals surface area contributed by atoms with Crippen molar-refractivity contribution < 1.29 is 19.4 Å². The van der Waals surface area contributed by atoms with E-state index < -0.39 is 5.97 Å². The molecule has 4 heteroatoms. The molecule has 0 heterocycles. The van der Waals surface area contributed by atoms with Crippen molar-refractivity contribution in [2.45, 2.75) is 26.9 Å². The predicted octanol–water partition coefficient (Wildman–Crippen LogP) is 4.88. The molecule has 0 saturated carbocycles. The Morgan fingerprint density at radius 3 is 2.46 bits per heavy atom. The molecule has 4 nitrogen and oxygen atoms in total. The molecule has 0 unspecified atom stereocenters. The summed E-state index contributed by atoms with van der Waals surface area (Å²) < 4.78 is 11.6. The third kappa shape index (κ3) is 5.52. The first-order valence-electron chi connectivity index (χ1n) is 8.42. The third-order valence-corrected chi connectivity index (χ3v) is 3.81. The van der Waals surface area contributed by atoms with Gasteiger partial charge in [0.05, 0.1) is 7.11 Å². The highest BCUT2D eigenvalue weighted by atomic mass is 16.5. The first-order valence-corrected chi connectivity index (χ1v) is 8.42. The second kappa shape index (κ2) is 9.47. The first kappa shape index (κ1) is 19.3. The zero-order valence-corrected chi connectivity index (χ0v) is 15.4.